The van der Waals surface area contributed by atoms with E-state index in [0.717, 1.165) is 13.8 Å². The molecule has 25 nitrogen and oxygen atoms in total. The minimum atomic E-state index is -2.37. The number of aliphatic carboxylic acids is 2. The van der Waals surface area contributed by atoms with Crippen LogP contribution in [0.5, 0.6) is 0 Å². The number of carbonyl (C=O) groups is 5. The summed E-state index contributed by atoms with van der Waals surface area (Å²) in [6.45, 7) is -0.234. The SMILES string of the molecule is CC(=O)N[C@H]1[C@H](O[C@H]2[C@H](O)[C@@H](O)[C@H](O[C@@H]([C@@H](O)[C@H](O)CO)[C@H](C=O)NC(C)=O)O[C@@H]2C(=O)O)O[C@H](CO)[C@H](O)[C@@H]1O[C@@H]1O[C@H](C(=O)O)[C@@H](O)[C@H](O)[C@H]1O. The van der Waals surface area contributed by atoms with Crippen molar-refractivity contribution >= 4 is 30.0 Å². The van der Waals surface area contributed by atoms with Crippen LogP contribution in [0.1, 0.15) is 13.8 Å². The van der Waals surface area contributed by atoms with Crippen LogP contribution in [0.4, 0.5) is 0 Å². The number of aliphatic hydroxyl groups excluding tert-OH is 10. The Balaban J connectivity index is 1.96. The van der Waals surface area contributed by atoms with Crippen molar-refractivity contribution < 1.29 is 114 Å². The molecule has 0 unspecified atom stereocenters. The van der Waals surface area contributed by atoms with Crippen LogP contribution in [0, 0.1) is 0 Å². The Bertz CT molecular complexity index is 1280. The summed E-state index contributed by atoms with van der Waals surface area (Å²) >= 11 is 0. The zero-order chi connectivity index (χ0) is 40.1. The number of ether oxygens (including phenoxy) is 6. The fourth-order valence-electron chi connectivity index (χ4n) is 5.80. The third kappa shape index (κ3) is 10.2. The first-order valence-electron chi connectivity index (χ1n) is 15.8. The van der Waals surface area contributed by atoms with Crippen molar-refractivity contribution in [3.63, 3.8) is 0 Å². The molecule has 0 aromatic rings. The van der Waals surface area contributed by atoms with Crippen molar-refractivity contribution in [1.29, 1.82) is 0 Å². The number of nitrogens with one attached hydrogen (secondary N) is 2. The molecule has 2 amide bonds. The first-order chi connectivity index (χ1) is 24.8. The summed E-state index contributed by atoms with van der Waals surface area (Å²) in [7, 11) is 0. The van der Waals surface area contributed by atoms with Gasteiger partial charge in [0.25, 0.3) is 0 Å². The van der Waals surface area contributed by atoms with Crippen molar-refractivity contribution in [2.24, 2.45) is 0 Å². The van der Waals surface area contributed by atoms with Crippen LogP contribution in [0.3, 0.4) is 0 Å². The molecule has 0 aromatic carbocycles. The van der Waals surface area contributed by atoms with Crippen LogP contribution in [0.15, 0.2) is 0 Å². The lowest BCUT2D eigenvalue weighted by molar-refractivity contribution is -0.364. The van der Waals surface area contributed by atoms with Crippen LogP contribution in [0.25, 0.3) is 0 Å². The Morgan fingerprint density at radius 1 is 0.717 bits per heavy atom. The fraction of sp³-hybridized carbons (Fsp3) is 0.821. The molecular formula is C28H44N2O23. The zero-order valence-electron chi connectivity index (χ0n) is 27.8. The molecule has 19 atom stereocenters. The maximum atomic E-state index is 12.4. The molecule has 3 fully saturated rings. The van der Waals surface area contributed by atoms with Gasteiger partial charge in [-0.3, -0.25) is 9.59 Å². The van der Waals surface area contributed by atoms with Gasteiger partial charge in [0.05, 0.1) is 13.2 Å². The molecule has 53 heavy (non-hydrogen) atoms. The van der Waals surface area contributed by atoms with Gasteiger partial charge in [0, 0.05) is 13.8 Å². The van der Waals surface area contributed by atoms with E-state index in [4.69, 9.17) is 28.4 Å². The number of hydrogen-bond acceptors (Lipinski definition) is 21. The molecule has 0 spiro atoms. The Hall–Kier alpha value is -3.09. The molecule has 3 aliphatic heterocycles. The van der Waals surface area contributed by atoms with Crippen LogP contribution >= 0.6 is 0 Å². The summed E-state index contributed by atoms with van der Waals surface area (Å²) in [5.74, 6) is -5.47. The number of rotatable bonds is 16. The summed E-state index contributed by atoms with van der Waals surface area (Å²) < 4.78 is 32.6. The van der Waals surface area contributed by atoms with Gasteiger partial charge in [-0.25, -0.2) is 9.59 Å². The predicted molar refractivity (Wildman–Crippen MR) is 159 cm³/mol. The number of carboxylic acids is 2. The smallest absolute Gasteiger partial charge is 0.335 e. The van der Waals surface area contributed by atoms with Gasteiger partial charge in [-0.05, 0) is 0 Å². The lowest BCUT2D eigenvalue weighted by atomic mass is 9.94. The second-order valence-corrected chi connectivity index (χ2v) is 12.3. The van der Waals surface area contributed by atoms with E-state index in [0.29, 0.717) is 0 Å². The molecule has 0 aromatic heterocycles. The Kier molecular flexibility index (Phi) is 15.9. The van der Waals surface area contributed by atoms with Crippen molar-refractivity contribution in [1.82, 2.24) is 10.6 Å². The van der Waals surface area contributed by atoms with E-state index in [-0.39, 0.29) is 6.29 Å². The third-order valence-electron chi connectivity index (χ3n) is 8.49. The van der Waals surface area contributed by atoms with Crippen molar-refractivity contribution in [3.05, 3.63) is 0 Å². The normalized spacial score (nSPS) is 39.9. The van der Waals surface area contributed by atoms with Crippen molar-refractivity contribution in [3.8, 4) is 0 Å². The number of carboxylic acid groups (broad SMARTS) is 2. The first-order valence-corrected chi connectivity index (χ1v) is 15.8. The van der Waals surface area contributed by atoms with E-state index in [9.17, 15) is 85.3 Å². The molecule has 3 rings (SSSR count). The fourth-order valence-corrected chi connectivity index (χ4v) is 5.80. The molecule has 3 saturated heterocycles. The van der Waals surface area contributed by atoms with Crippen LogP contribution in [-0.4, -0.2) is 221 Å². The quantitative estimate of drug-likeness (QED) is 0.0647. The number of amides is 2. The second kappa shape index (κ2) is 19.0. The minimum absolute atomic E-state index is 0.0424. The lowest BCUT2D eigenvalue weighted by Gasteiger charge is -2.49. The highest BCUT2D eigenvalue weighted by Crippen LogP contribution is 2.33. The highest BCUT2D eigenvalue weighted by Gasteiger charge is 2.56. The summed E-state index contributed by atoms with van der Waals surface area (Å²) in [6.07, 6.45) is -36.4. The average molecular weight is 777 g/mol. The van der Waals surface area contributed by atoms with Gasteiger partial charge in [0.2, 0.25) is 11.8 Å². The first kappa shape index (κ1) is 44.3. The largest absolute Gasteiger partial charge is 0.479 e. The molecule has 304 valence electrons. The van der Waals surface area contributed by atoms with E-state index in [1.807, 2.05) is 0 Å². The van der Waals surface area contributed by atoms with E-state index in [2.05, 4.69) is 10.6 Å². The standard InChI is InChI=1S/C28H44N2O23/c1-6(34)29-8(3-31)19(12(37)9(36)4-32)49-28-18(43)16(41)21(23(53-28)25(46)47)51-26-11(30-7(2)35)20(13(38)10(5-33)48-26)50-27-17(42)14(39)15(40)22(52-27)24(44)45/h3,8-23,26-28,32-33,36-43H,4-5H2,1-2H3,(H,29,34)(H,30,35)(H,44,45)(H,46,47)/t8-,9+,10+,11+,12-,13-,14-,15-,16+,17+,18+,19+,20+,21-,22-,23-,26-,27+,28+/m0/s1. The molecule has 0 saturated carbocycles. The van der Waals surface area contributed by atoms with Gasteiger partial charge >= 0.3 is 11.9 Å². The highest BCUT2D eigenvalue weighted by molar-refractivity contribution is 5.77. The topological polar surface area (TPSA) is 408 Å². The van der Waals surface area contributed by atoms with Gasteiger partial charge in [0.1, 0.15) is 91.6 Å². The van der Waals surface area contributed by atoms with Crippen LogP contribution in [0.2, 0.25) is 0 Å². The molecule has 0 bridgehead atoms. The van der Waals surface area contributed by atoms with Gasteiger partial charge in [0.15, 0.2) is 31.1 Å². The van der Waals surface area contributed by atoms with E-state index < -0.39 is 153 Å². The zero-order valence-corrected chi connectivity index (χ0v) is 27.8. The number of carbonyl (C=O) groups excluding carboxylic acids is 3. The molecule has 0 radical (unpaired) electrons. The summed E-state index contributed by atoms with van der Waals surface area (Å²) in [5.41, 5.74) is 0. The molecular weight excluding hydrogens is 732 g/mol. The summed E-state index contributed by atoms with van der Waals surface area (Å²) in [4.78, 5) is 59.7. The lowest BCUT2D eigenvalue weighted by Crippen LogP contribution is -2.70. The van der Waals surface area contributed by atoms with Crippen LogP contribution < -0.4 is 10.6 Å². The van der Waals surface area contributed by atoms with E-state index in [1.165, 1.54) is 0 Å². The number of aldehydes is 1. The Morgan fingerprint density at radius 3 is 1.79 bits per heavy atom. The Labute approximate surface area is 298 Å². The monoisotopic (exact) mass is 776 g/mol. The Morgan fingerprint density at radius 2 is 1.28 bits per heavy atom. The molecule has 3 aliphatic rings. The molecule has 14 N–H and O–H groups in total. The minimum Gasteiger partial charge on any atom is -0.479 e. The van der Waals surface area contributed by atoms with Gasteiger partial charge in [-0.2, -0.15) is 0 Å². The highest BCUT2D eigenvalue weighted by atomic mass is 16.8. The van der Waals surface area contributed by atoms with E-state index in [1.54, 1.807) is 0 Å². The maximum Gasteiger partial charge on any atom is 0.335 e. The number of aliphatic hydroxyl groups is 10. The van der Waals surface area contributed by atoms with Gasteiger partial charge in [-0.15, -0.1) is 0 Å². The van der Waals surface area contributed by atoms with Crippen molar-refractivity contribution in [2.75, 3.05) is 13.2 Å². The molecule has 3 heterocycles. The predicted octanol–water partition coefficient (Wildman–Crippen LogP) is -9.43. The second-order valence-electron chi connectivity index (χ2n) is 12.3. The van der Waals surface area contributed by atoms with Gasteiger partial charge < -0.3 is 105 Å². The third-order valence-corrected chi connectivity index (χ3v) is 8.49. The maximum absolute atomic E-state index is 12.4. The number of hydrogen-bond donors (Lipinski definition) is 14. The molecule has 0 aliphatic carbocycles. The summed E-state index contributed by atoms with van der Waals surface area (Å²) in [6, 6.07) is -3.63. The van der Waals surface area contributed by atoms with Gasteiger partial charge in [-0.1, -0.05) is 0 Å². The van der Waals surface area contributed by atoms with E-state index >= 15 is 0 Å². The van der Waals surface area contributed by atoms with Crippen LogP contribution in [-0.2, 0) is 52.4 Å². The van der Waals surface area contributed by atoms with Crippen molar-refractivity contribution in [2.45, 2.75) is 130 Å². The summed E-state index contributed by atoms with van der Waals surface area (Å²) in [5, 5.41) is 127. The molecule has 25 heteroatoms. The average Bonchev–Trinajstić information content (AvgIpc) is 3.09.